The Hall–Kier alpha value is -1.90. The molecule has 3 rings (SSSR count). The van der Waals surface area contributed by atoms with Gasteiger partial charge < -0.3 is 10.1 Å². The summed E-state index contributed by atoms with van der Waals surface area (Å²) in [6.07, 6.45) is 4.87. The van der Waals surface area contributed by atoms with Crippen LogP contribution in [0.15, 0.2) is 66.7 Å². The van der Waals surface area contributed by atoms with E-state index in [-0.39, 0.29) is 12.1 Å². The first-order chi connectivity index (χ1) is 10.9. The molecule has 0 bridgehead atoms. The standard InChI is InChI=1S/C20H23NO/c1-21-19(20-13-8-14-22-20)15-18(16-9-4-2-5-10-16)17-11-6-3-7-12-17/h2-7,9-12,15,19-21H,8,13-14H2,1H3/t19-,20+/m0/s1. The van der Waals surface area contributed by atoms with Gasteiger partial charge in [0.25, 0.3) is 0 Å². The van der Waals surface area contributed by atoms with Crippen LogP contribution in [0.2, 0.25) is 0 Å². The Morgan fingerprint density at radius 2 is 1.64 bits per heavy atom. The van der Waals surface area contributed by atoms with E-state index in [4.69, 9.17) is 4.74 Å². The van der Waals surface area contributed by atoms with Crippen LogP contribution < -0.4 is 5.32 Å². The number of hydrogen-bond acceptors (Lipinski definition) is 2. The molecule has 0 saturated carbocycles. The van der Waals surface area contributed by atoms with E-state index in [2.05, 4.69) is 72.1 Å². The normalized spacial score (nSPS) is 18.9. The minimum absolute atomic E-state index is 0.234. The molecule has 1 fully saturated rings. The van der Waals surface area contributed by atoms with E-state index in [0.717, 1.165) is 19.4 Å². The smallest absolute Gasteiger partial charge is 0.0764 e. The molecule has 0 amide bonds. The minimum Gasteiger partial charge on any atom is -0.376 e. The molecule has 1 aliphatic rings. The molecule has 0 radical (unpaired) electrons. The number of benzene rings is 2. The number of hydrogen-bond donors (Lipinski definition) is 1. The second kappa shape index (κ2) is 7.39. The van der Waals surface area contributed by atoms with Crippen LogP contribution in [0.5, 0.6) is 0 Å². The molecule has 2 aromatic rings. The second-order valence-corrected chi connectivity index (χ2v) is 5.68. The van der Waals surface area contributed by atoms with Gasteiger partial charge in [-0.3, -0.25) is 0 Å². The van der Waals surface area contributed by atoms with Gasteiger partial charge in [-0.2, -0.15) is 0 Å². The largest absolute Gasteiger partial charge is 0.376 e. The molecule has 0 aromatic heterocycles. The lowest BCUT2D eigenvalue weighted by molar-refractivity contribution is 0.0937. The first kappa shape index (κ1) is 15.0. The Bertz CT molecular complexity index is 559. The fourth-order valence-corrected chi connectivity index (χ4v) is 3.04. The second-order valence-electron chi connectivity index (χ2n) is 5.68. The van der Waals surface area contributed by atoms with Crippen LogP contribution in [0.1, 0.15) is 24.0 Å². The van der Waals surface area contributed by atoms with Crippen LogP contribution in [-0.2, 0) is 4.74 Å². The maximum atomic E-state index is 5.87. The molecule has 2 nitrogen and oxygen atoms in total. The highest BCUT2D eigenvalue weighted by atomic mass is 16.5. The molecule has 0 unspecified atom stereocenters. The van der Waals surface area contributed by atoms with Crippen molar-refractivity contribution < 1.29 is 4.74 Å². The highest BCUT2D eigenvalue weighted by molar-refractivity contribution is 5.80. The van der Waals surface area contributed by atoms with Crippen molar-refractivity contribution in [2.75, 3.05) is 13.7 Å². The van der Waals surface area contributed by atoms with E-state index in [0.29, 0.717) is 0 Å². The molecule has 0 aliphatic carbocycles. The Kier molecular flexibility index (Phi) is 5.04. The summed E-state index contributed by atoms with van der Waals surface area (Å²) in [5.41, 5.74) is 3.75. The number of ether oxygens (including phenoxy) is 1. The van der Waals surface area contributed by atoms with Gasteiger partial charge in [0, 0.05) is 6.61 Å². The van der Waals surface area contributed by atoms with Gasteiger partial charge in [0.15, 0.2) is 0 Å². The third-order valence-corrected chi connectivity index (χ3v) is 4.21. The number of rotatable bonds is 5. The van der Waals surface area contributed by atoms with Crippen LogP contribution in [-0.4, -0.2) is 25.8 Å². The van der Waals surface area contributed by atoms with Crippen LogP contribution in [0.3, 0.4) is 0 Å². The van der Waals surface area contributed by atoms with Crippen LogP contribution >= 0.6 is 0 Å². The summed E-state index contributed by atoms with van der Waals surface area (Å²) in [6, 6.07) is 21.4. The lowest BCUT2D eigenvalue weighted by Crippen LogP contribution is -2.35. The van der Waals surface area contributed by atoms with Gasteiger partial charge in [0.2, 0.25) is 0 Å². The fraction of sp³-hybridized carbons (Fsp3) is 0.300. The number of nitrogens with one attached hydrogen (secondary N) is 1. The van der Waals surface area contributed by atoms with Crippen LogP contribution in [0, 0.1) is 0 Å². The molecule has 2 atom stereocenters. The lowest BCUT2D eigenvalue weighted by atomic mass is 9.94. The van der Waals surface area contributed by atoms with E-state index >= 15 is 0 Å². The molecular weight excluding hydrogens is 270 g/mol. The van der Waals surface area contributed by atoms with E-state index in [1.807, 2.05) is 7.05 Å². The zero-order chi connectivity index (χ0) is 15.2. The summed E-state index contributed by atoms with van der Waals surface area (Å²) in [5.74, 6) is 0. The summed E-state index contributed by atoms with van der Waals surface area (Å²) in [4.78, 5) is 0. The van der Waals surface area contributed by atoms with Crippen molar-refractivity contribution >= 4 is 5.57 Å². The van der Waals surface area contributed by atoms with E-state index in [1.54, 1.807) is 0 Å². The van der Waals surface area contributed by atoms with Gasteiger partial charge in [-0.05, 0) is 36.6 Å². The molecule has 1 N–H and O–H groups in total. The van der Waals surface area contributed by atoms with Gasteiger partial charge in [-0.1, -0.05) is 66.7 Å². The zero-order valence-electron chi connectivity index (χ0n) is 13.0. The van der Waals surface area contributed by atoms with Gasteiger partial charge in [0.1, 0.15) is 0 Å². The predicted molar refractivity (Wildman–Crippen MR) is 91.8 cm³/mol. The molecular formula is C20H23NO. The third kappa shape index (κ3) is 3.46. The SMILES string of the molecule is CN[C@@H](C=C(c1ccccc1)c1ccccc1)[C@H]1CCCO1. The summed E-state index contributed by atoms with van der Waals surface area (Å²) in [6.45, 7) is 0.878. The average molecular weight is 293 g/mol. The summed E-state index contributed by atoms with van der Waals surface area (Å²) >= 11 is 0. The summed E-state index contributed by atoms with van der Waals surface area (Å²) in [5, 5.41) is 3.41. The van der Waals surface area contributed by atoms with E-state index in [1.165, 1.54) is 16.7 Å². The van der Waals surface area contributed by atoms with Crippen molar-refractivity contribution in [3.63, 3.8) is 0 Å². The highest BCUT2D eigenvalue weighted by Gasteiger charge is 2.23. The summed E-state index contributed by atoms with van der Waals surface area (Å²) in [7, 11) is 2.01. The van der Waals surface area contributed by atoms with E-state index in [9.17, 15) is 0 Å². The van der Waals surface area contributed by atoms with Crippen LogP contribution in [0.4, 0.5) is 0 Å². The first-order valence-corrected chi connectivity index (χ1v) is 8.00. The fourth-order valence-electron chi connectivity index (χ4n) is 3.04. The van der Waals surface area contributed by atoms with E-state index < -0.39 is 0 Å². The molecule has 2 aromatic carbocycles. The Balaban J connectivity index is 1.99. The Labute approximate surface area is 132 Å². The Morgan fingerprint density at radius 3 is 2.09 bits per heavy atom. The Morgan fingerprint density at radius 1 is 1.05 bits per heavy atom. The topological polar surface area (TPSA) is 21.3 Å². The van der Waals surface area contributed by atoms with Gasteiger partial charge >= 0.3 is 0 Å². The molecule has 1 aliphatic heterocycles. The molecule has 0 spiro atoms. The van der Waals surface area contributed by atoms with Gasteiger partial charge in [-0.25, -0.2) is 0 Å². The van der Waals surface area contributed by atoms with Crippen molar-refractivity contribution in [2.24, 2.45) is 0 Å². The minimum atomic E-state index is 0.234. The van der Waals surface area contributed by atoms with Crippen molar-refractivity contribution in [3.05, 3.63) is 77.9 Å². The molecule has 1 heterocycles. The van der Waals surface area contributed by atoms with Crippen molar-refractivity contribution in [1.82, 2.24) is 5.32 Å². The lowest BCUT2D eigenvalue weighted by Gasteiger charge is -2.21. The number of likely N-dealkylation sites (N-methyl/N-ethyl adjacent to an activating group) is 1. The molecule has 114 valence electrons. The first-order valence-electron chi connectivity index (χ1n) is 8.00. The highest BCUT2D eigenvalue weighted by Crippen LogP contribution is 2.26. The van der Waals surface area contributed by atoms with Crippen molar-refractivity contribution in [1.29, 1.82) is 0 Å². The molecule has 22 heavy (non-hydrogen) atoms. The maximum Gasteiger partial charge on any atom is 0.0764 e. The maximum absolute atomic E-state index is 5.87. The van der Waals surface area contributed by atoms with Crippen molar-refractivity contribution in [2.45, 2.75) is 25.0 Å². The van der Waals surface area contributed by atoms with Crippen LogP contribution in [0.25, 0.3) is 5.57 Å². The third-order valence-electron chi connectivity index (χ3n) is 4.21. The molecule has 2 heteroatoms. The molecule has 1 saturated heterocycles. The van der Waals surface area contributed by atoms with Gasteiger partial charge in [-0.15, -0.1) is 0 Å². The predicted octanol–water partition coefficient (Wildman–Crippen LogP) is 3.89. The average Bonchev–Trinajstić information content (AvgIpc) is 3.12. The summed E-state index contributed by atoms with van der Waals surface area (Å²) < 4.78 is 5.87. The van der Waals surface area contributed by atoms with Gasteiger partial charge in [0.05, 0.1) is 12.1 Å². The van der Waals surface area contributed by atoms with Crippen molar-refractivity contribution in [3.8, 4) is 0 Å². The quantitative estimate of drug-likeness (QED) is 0.903. The zero-order valence-corrected chi connectivity index (χ0v) is 13.0. The monoisotopic (exact) mass is 293 g/mol.